The largest absolute Gasteiger partial charge is 0.380 e. The second-order valence-electron chi connectivity index (χ2n) is 5.29. The van der Waals surface area contributed by atoms with E-state index in [0.717, 1.165) is 25.7 Å². The molecule has 2 atom stereocenters. The van der Waals surface area contributed by atoms with Gasteiger partial charge in [0, 0.05) is 38.3 Å². The summed E-state index contributed by atoms with van der Waals surface area (Å²) in [4.78, 5) is 2.62. The molecule has 2 aliphatic heterocycles. The lowest BCUT2D eigenvalue weighted by atomic mass is 10.0. The quantitative estimate of drug-likeness (QED) is 0.758. The van der Waals surface area contributed by atoms with Crippen LogP contribution in [0.1, 0.15) is 26.7 Å². The molecule has 3 nitrogen and oxygen atoms in total. The molecule has 0 aromatic rings. The van der Waals surface area contributed by atoms with Crippen LogP contribution in [0.5, 0.6) is 0 Å². The van der Waals surface area contributed by atoms with Crippen molar-refractivity contribution >= 4 is 0 Å². The third-order valence-corrected chi connectivity index (χ3v) is 3.46. The minimum atomic E-state index is 0.694. The molecule has 0 aromatic heterocycles. The standard InChI is InChI=1S/C12H24N2O/c1-10(2)7-11-8-14(5-4-13-11)12-3-6-15-9-12/h10-13H,3-9H2,1-2H3. The van der Waals surface area contributed by atoms with Crippen molar-refractivity contribution in [1.82, 2.24) is 10.2 Å². The number of nitrogens with one attached hydrogen (secondary N) is 1. The normalized spacial score (nSPS) is 33.8. The summed E-state index contributed by atoms with van der Waals surface area (Å²) >= 11 is 0. The van der Waals surface area contributed by atoms with Crippen molar-refractivity contribution in [2.45, 2.75) is 38.8 Å². The Kier molecular flexibility index (Phi) is 4.00. The number of piperazine rings is 1. The minimum Gasteiger partial charge on any atom is -0.380 e. The number of nitrogens with zero attached hydrogens (tertiary/aromatic N) is 1. The first kappa shape index (κ1) is 11.4. The molecule has 88 valence electrons. The molecule has 0 spiro atoms. The number of hydrogen-bond acceptors (Lipinski definition) is 3. The second kappa shape index (κ2) is 5.28. The molecule has 0 aromatic carbocycles. The second-order valence-corrected chi connectivity index (χ2v) is 5.29. The van der Waals surface area contributed by atoms with E-state index in [1.165, 1.54) is 25.9 Å². The van der Waals surface area contributed by atoms with Gasteiger partial charge in [0.15, 0.2) is 0 Å². The van der Waals surface area contributed by atoms with Gasteiger partial charge in [0.05, 0.1) is 6.61 Å². The molecule has 2 saturated heterocycles. The van der Waals surface area contributed by atoms with Crippen molar-refractivity contribution < 1.29 is 4.74 Å². The van der Waals surface area contributed by atoms with E-state index in [0.29, 0.717) is 12.1 Å². The molecule has 3 heteroatoms. The minimum absolute atomic E-state index is 0.694. The lowest BCUT2D eigenvalue weighted by Gasteiger charge is -2.37. The predicted molar refractivity (Wildman–Crippen MR) is 62.0 cm³/mol. The van der Waals surface area contributed by atoms with Crippen LogP contribution in [0, 0.1) is 5.92 Å². The zero-order valence-corrected chi connectivity index (χ0v) is 10.0. The highest BCUT2D eigenvalue weighted by molar-refractivity contribution is 4.85. The van der Waals surface area contributed by atoms with Crippen LogP contribution >= 0.6 is 0 Å². The Labute approximate surface area is 93.2 Å². The zero-order valence-electron chi connectivity index (χ0n) is 10.0. The van der Waals surface area contributed by atoms with E-state index in [9.17, 15) is 0 Å². The molecule has 0 radical (unpaired) electrons. The van der Waals surface area contributed by atoms with Gasteiger partial charge in [-0.2, -0.15) is 0 Å². The summed E-state index contributed by atoms with van der Waals surface area (Å²) in [7, 11) is 0. The van der Waals surface area contributed by atoms with Crippen molar-refractivity contribution in [3.8, 4) is 0 Å². The highest BCUT2D eigenvalue weighted by Crippen LogP contribution is 2.16. The topological polar surface area (TPSA) is 24.5 Å². The van der Waals surface area contributed by atoms with Crippen LogP contribution in [-0.4, -0.2) is 49.8 Å². The Hall–Kier alpha value is -0.120. The smallest absolute Gasteiger partial charge is 0.0622 e. The monoisotopic (exact) mass is 212 g/mol. The van der Waals surface area contributed by atoms with Crippen LogP contribution in [0.2, 0.25) is 0 Å². The van der Waals surface area contributed by atoms with Gasteiger partial charge >= 0.3 is 0 Å². The van der Waals surface area contributed by atoms with Crippen molar-refractivity contribution in [3.63, 3.8) is 0 Å². The lowest BCUT2D eigenvalue weighted by Crippen LogP contribution is -2.54. The maximum atomic E-state index is 5.46. The summed E-state index contributed by atoms with van der Waals surface area (Å²) < 4.78 is 5.46. The van der Waals surface area contributed by atoms with Gasteiger partial charge in [-0.25, -0.2) is 0 Å². The van der Waals surface area contributed by atoms with Gasteiger partial charge in [0.2, 0.25) is 0 Å². The fraction of sp³-hybridized carbons (Fsp3) is 1.00. The molecule has 0 aliphatic carbocycles. The van der Waals surface area contributed by atoms with E-state index in [1.807, 2.05) is 0 Å². The molecule has 2 fully saturated rings. The number of hydrogen-bond donors (Lipinski definition) is 1. The third kappa shape index (κ3) is 3.16. The van der Waals surface area contributed by atoms with Crippen LogP contribution in [0.3, 0.4) is 0 Å². The summed E-state index contributed by atoms with van der Waals surface area (Å²) in [5, 5.41) is 3.62. The van der Waals surface area contributed by atoms with Crippen LogP contribution in [-0.2, 0) is 4.74 Å². The first-order valence-corrected chi connectivity index (χ1v) is 6.31. The van der Waals surface area contributed by atoms with Crippen molar-refractivity contribution in [2.75, 3.05) is 32.8 Å². The molecule has 0 bridgehead atoms. The average molecular weight is 212 g/mol. The van der Waals surface area contributed by atoms with E-state index < -0.39 is 0 Å². The Bertz CT molecular complexity index is 190. The van der Waals surface area contributed by atoms with E-state index in [4.69, 9.17) is 4.74 Å². The number of rotatable bonds is 3. The molecule has 15 heavy (non-hydrogen) atoms. The highest BCUT2D eigenvalue weighted by atomic mass is 16.5. The Morgan fingerprint density at radius 1 is 1.47 bits per heavy atom. The predicted octanol–water partition coefficient (Wildman–Crippen LogP) is 1.10. The molecule has 0 amide bonds. The van der Waals surface area contributed by atoms with Crippen molar-refractivity contribution in [1.29, 1.82) is 0 Å². The van der Waals surface area contributed by atoms with Gasteiger partial charge in [0.1, 0.15) is 0 Å². The SMILES string of the molecule is CC(C)CC1CN(C2CCOC2)CCN1. The van der Waals surface area contributed by atoms with Gasteiger partial charge in [-0.05, 0) is 18.8 Å². The summed E-state index contributed by atoms with van der Waals surface area (Å²) in [5.74, 6) is 0.794. The molecule has 2 heterocycles. The highest BCUT2D eigenvalue weighted by Gasteiger charge is 2.28. The van der Waals surface area contributed by atoms with Gasteiger partial charge in [-0.1, -0.05) is 13.8 Å². The Morgan fingerprint density at radius 3 is 3.00 bits per heavy atom. The summed E-state index contributed by atoms with van der Waals surface area (Å²) in [5.41, 5.74) is 0. The van der Waals surface area contributed by atoms with Gasteiger partial charge in [0.25, 0.3) is 0 Å². The lowest BCUT2D eigenvalue weighted by molar-refractivity contribution is 0.112. The third-order valence-electron chi connectivity index (χ3n) is 3.46. The zero-order chi connectivity index (χ0) is 10.7. The number of ether oxygens (including phenoxy) is 1. The molecule has 2 rings (SSSR count). The fourth-order valence-electron chi connectivity index (χ4n) is 2.72. The van der Waals surface area contributed by atoms with Gasteiger partial charge in [-0.3, -0.25) is 4.90 Å². The van der Waals surface area contributed by atoms with E-state index in [1.54, 1.807) is 0 Å². The van der Waals surface area contributed by atoms with Gasteiger partial charge in [-0.15, -0.1) is 0 Å². The molecule has 2 unspecified atom stereocenters. The van der Waals surface area contributed by atoms with Crippen molar-refractivity contribution in [2.24, 2.45) is 5.92 Å². The van der Waals surface area contributed by atoms with E-state index in [2.05, 4.69) is 24.1 Å². The summed E-state index contributed by atoms with van der Waals surface area (Å²) in [6, 6.07) is 1.39. The van der Waals surface area contributed by atoms with E-state index in [-0.39, 0.29) is 0 Å². The van der Waals surface area contributed by atoms with Crippen molar-refractivity contribution in [3.05, 3.63) is 0 Å². The molecule has 0 saturated carbocycles. The van der Waals surface area contributed by atoms with Crippen LogP contribution in [0.25, 0.3) is 0 Å². The molecular weight excluding hydrogens is 188 g/mol. The Balaban J connectivity index is 1.80. The fourth-order valence-corrected chi connectivity index (χ4v) is 2.72. The van der Waals surface area contributed by atoms with Crippen LogP contribution in [0.15, 0.2) is 0 Å². The van der Waals surface area contributed by atoms with Gasteiger partial charge < -0.3 is 10.1 Å². The first-order valence-electron chi connectivity index (χ1n) is 6.31. The summed E-state index contributed by atoms with van der Waals surface area (Å²) in [6.45, 7) is 10.1. The average Bonchev–Trinajstić information content (AvgIpc) is 2.69. The molecule has 1 N–H and O–H groups in total. The maximum Gasteiger partial charge on any atom is 0.0622 e. The Morgan fingerprint density at radius 2 is 2.33 bits per heavy atom. The molecular formula is C12H24N2O. The van der Waals surface area contributed by atoms with Crippen LogP contribution < -0.4 is 5.32 Å². The first-order chi connectivity index (χ1) is 7.25. The van der Waals surface area contributed by atoms with Crippen LogP contribution in [0.4, 0.5) is 0 Å². The maximum absolute atomic E-state index is 5.46. The summed E-state index contributed by atoms with van der Waals surface area (Å²) in [6.07, 6.45) is 2.53. The molecule has 2 aliphatic rings. The van der Waals surface area contributed by atoms with E-state index >= 15 is 0 Å².